The molecule has 0 heterocycles. The fourth-order valence-electron chi connectivity index (χ4n) is 0.938. The summed E-state index contributed by atoms with van der Waals surface area (Å²) in [6.07, 6.45) is 0. The van der Waals surface area contributed by atoms with Crippen molar-refractivity contribution in [1.29, 1.82) is 0 Å². The molecule has 1 heteroatoms. The van der Waals surface area contributed by atoms with Gasteiger partial charge in [-0.15, -0.1) is 0 Å². The molecule has 0 atom stereocenters. The summed E-state index contributed by atoms with van der Waals surface area (Å²) in [7, 11) is 0. The molecule has 0 aromatic rings. The van der Waals surface area contributed by atoms with Gasteiger partial charge in [0, 0.05) is 0 Å². The van der Waals surface area contributed by atoms with E-state index < -0.39 is 21.2 Å². The van der Waals surface area contributed by atoms with Crippen molar-refractivity contribution in [3.8, 4) is 37.6 Å². The average Bonchev–Trinajstić information content (AvgIpc) is 2.06. The van der Waals surface area contributed by atoms with Gasteiger partial charge in [0.05, 0.1) is 0 Å². The molecule has 0 aliphatic carbocycles. The molecule has 0 saturated carbocycles. The summed E-state index contributed by atoms with van der Waals surface area (Å²) >= 11 is -3.14. The van der Waals surface area contributed by atoms with E-state index in [1.165, 1.54) is 0 Å². The zero-order valence-corrected chi connectivity index (χ0v) is 12.4. The Morgan fingerprint density at radius 1 is 0.538 bits per heavy atom. The Morgan fingerprint density at radius 3 is 0.923 bits per heavy atom. The predicted octanol–water partition coefficient (Wildman–Crippen LogP) is 1.69. The summed E-state index contributed by atoms with van der Waals surface area (Å²) in [6, 6.07) is 0. The zero-order valence-electron chi connectivity index (χ0n) is 8.50. The van der Waals surface area contributed by atoms with Crippen LogP contribution in [-0.4, -0.2) is 21.2 Å². The fourth-order valence-corrected chi connectivity index (χ4v) is 8.23. The normalized spacial score (nSPS) is 7.08. The van der Waals surface area contributed by atoms with Crippen LogP contribution in [0.4, 0.5) is 0 Å². The van der Waals surface area contributed by atoms with Crippen LogP contribution in [0.3, 0.4) is 0 Å². The van der Waals surface area contributed by atoms with Gasteiger partial charge in [-0.05, 0) is 0 Å². The van der Waals surface area contributed by atoms with E-state index in [1.807, 2.05) is 27.7 Å². The Kier molecular flexibility index (Phi) is 6.22. The molecule has 0 aromatic carbocycles. The molecule has 13 heavy (non-hydrogen) atoms. The quantitative estimate of drug-likeness (QED) is 0.454. The first-order valence-corrected chi connectivity index (χ1v) is 11.8. The maximum absolute atomic E-state index is 3.15. The molecule has 0 N–H and O–H groups in total. The number of rotatable bonds is 0. The van der Waals surface area contributed by atoms with Crippen LogP contribution >= 0.6 is 0 Å². The van der Waals surface area contributed by atoms with Crippen LogP contribution in [0.25, 0.3) is 0 Å². The van der Waals surface area contributed by atoms with E-state index in [4.69, 9.17) is 0 Å². The van der Waals surface area contributed by atoms with Crippen molar-refractivity contribution in [1.82, 2.24) is 0 Å². The minimum atomic E-state index is -3.14. The summed E-state index contributed by atoms with van der Waals surface area (Å²) in [6.45, 7) is 7.28. The van der Waals surface area contributed by atoms with Gasteiger partial charge in [-0.3, -0.25) is 0 Å². The average molecular weight is 363 g/mol. The van der Waals surface area contributed by atoms with Gasteiger partial charge in [0.15, 0.2) is 0 Å². The second kappa shape index (κ2) is 6.65. The van der Waals surface area contributed by atoms with E-state index in [0.717, 1.165) is 0 Å². The van der Waals surface area contributed by atoms with Crippen molar-refractivity contribution in [3.05, 3.63) is 0 Å². The van der Waals surface area contributed by atoms with Crippen molar-refractivity contribution >= 4 is 21.2 Å². The second-order valence-electron chi connectivity index (χ2n) is 2.25. The minimum absolute atomic E-state index is 1.82. The van der Waals surface area contributed by atoms with Crippen LogP contribution in [0, 0.1) is 37.6 Å². The van der Waals surface area contributed by atoms with Crippen LogP contribution in [0.5, 0.6) is 0 Å². The van der Waals surface area contributed by atoms with Gasteiger partial charge in [0.25, 0.3) is 0 Å². The Hall–Kier alpha value is -0.838. The molecule has 0 radical (unpaired) electrons. The third kappa shape index (κ3) is 4.08. The fraction of sp³-hybridized carbons (Fsp3) is 0.333. The second-order valence-corrected chi connectivity index (χ2v) is 12.0. The Balaban J connectivity index is 5.39. The number of hydrogen-bond acceptors (Lipinski definition) is 0. The molecule has 0 aliphatic heterocycles. The van der Waals surface area contributed by atoms with Gasteiger partial charge in [0.1, 0.15) is 0 Å². The van der Waals surface area contributed by atoms with Gasteiger partial charge in [-0.25, -0.2) is 0 Å². The monoisotopic (exact) mass is 364 g/mol. The first kappa shape index (κ1) is 12.2. The predicted molar refractivity (Wildman–Crippen MR) is 59.6 cm³/mol. The van der Waals surface area contributed by atoms with E-state index in [1.54, 1.807) is 0 Å². The third-order valence-corrected chi connectivity index (χ3v) is 11.0. The molecular formula is C12H12Pb. The molecule has 0 nitrogen and oxygen atoms in total. The van der Waals surface area contributed by atoms with E-state index in [9.17, 15) is 0 Å². The van der Waals surface area contributed by atoms with Gasteiger partial charge < -0.3 is 0 Å². The Bertz CT molecular complexity index is 313. The summed E-state index contributed by atoms with van der Waals surface area (Å²) in [5.41, 5.74) is 0. The summed E-state index contributed by atoms with van der Waals surface area (Å²) < 4.78 is 12.6. The molecule has 0 bridgehead atoms. The van der Waals surface area contributed by atoms with Crippen molar-refractivity contribution in [3.63, 3.8) is 0 Å². The molecule has 0 aliphatic rings. The van der Waals surface area contributed by atoms with Gasteiger partial charge in [0.2, 0.25) is 0 Å². The third-order valence-electron chi connectivity index (χ3n) is 1.25. The molecule has 64 valence electrons. The van der Waals surface area contributed by atoms with Gasteiger partial charge >= 0.3 is 86.5 Å². The molecule has 0 unspecified atom stereocenters. The van der Waals surface area contributed by atoms with E-state index in [-0.39, 0.29) is 0 Å². The van der Waals surface area contributed by atoms with Crippen LogP contribution in [0.2, 0.25) is 0 Å². The molecule has 0 spiro atoms. The van der Waals surface area contributed by atoms with Crippen molar-refractivity contribution in [2.24, 2.45) is 0 Å². The van der Waals surface area contributed by atoms with Gasteiger partial charge in [-0.2, -0.15) is 0 Å². The Labute approximate surface area is 86.1 Å². The molecular weight excluding hydrogens is 351 g/mol. The first-order valence-electron chi connectivity index (χ1n) is 4.00. The maximum atomic E-state index is 3.15. The van der Waals surface area contributed by atoms with Crippen molar-refractivity contribution in [2.75, 3.05) is 0 Å². The van der Waals surface area contributed by atoms with Crippen LogP contribution < -0.4 is 0 Å². The van der Waals surface area contributed by atoms with Crippen molar-refractivity contribution in [2.45, 2.75) is 27.7 Å². The summed E-state index contributed by atoms with van der Waals surface area (Å²) in [4.78, 5) is 0. The molecule has 0 amide bonds. The van der Waals surface area contributed by atoms with Crippen LogP contribution in [-0.2, 0) is 0 Å². The van der Waals surface area contributed by atoms with E-state index in [0.29, 0.717) is 0 Å². The molecule has 0 saturated heterocycles. The van der Waals surface area contributed by atoms with E-state index in [2.05, 4.69) is 37.6 Å². The standard InChI is InChI=1S/4C3H3.Pb/c4*1-3-2;/h4*1H3;. The Morgan fingerprint density at radius 2 is 0.769 bits per heavy atom. The summed E-state index contributed by atoms with van der Waals surface area (Å²) in [5, 5.41) is 0. The number of hydrogen-bond donors (Lipinski definition) is 0. The molecule has 0 rings (SSSR count). The molecule has 0 fully saturated rings. The van der Waals surface area contributed by atoms with Crippen molar-refractivity contribution < 1.29 is 0 Å². The van der Waals surface area contributed by atoms with E-state index >= 15 is 0 Å². The topological polar surface area (TPSA) is 0 Å². The van der Waals surface area contributed by atoms with Crippen LogP contribution in [0.15, 0.2) is 0 Å². The van der Waals surface area contributed by atoms with Crippen LogP contribution in [0.1, 0.15) is 27.7 Å². The molecule has 0 aromatic heterocycles. The summed E-state index contributed by atoms with van der Waals surface area (Å²) in [5.74, 6) is 11.6. The van der Waals surface area contributed by atoms with Gasteiger partial charge in [-0.1, -0.05) is 0 Å². The first-order chi connectivity index (χ1) is 6.24. The SMILES string of the molecule is CC#[C][Pb]([C]#CC)([C]#CC)[C]#CC. The zero-order chi connectivity index (χ0) is 10.2.